The maximum atomic E-state index is 5.77. The average molecular weight is 465 g/mol. The fourth-order valence-electron chi connectivity index (χ4n) is 5.25. The Bertz CT molecular complexity index is 1210. The van der Waals surface area contributed by atoms with E-state index in [4.69, 9.17) is 10.7 Å². The molecule has 2 heterocycles. The van der Waals surface area contributed by atoms with Gasteiger partial charge in [0.25, 0.3) is 0 Å². The van der Waals surface area contributed by atoms with Gasteiger partial charge in [-0.15, -0.1) is 0 Å². The van der Waals surface area contributed by atoms with Gasteiger partial charge in [0.2, 0.25) is 0 Å². The Morgan fingerprint density at radius 2 is 1.66 bits per heavy atom. The average Bonchev–Trinajstić information content (AvgIpc) is 2.91. The van der Waals surface area contributed by atoms with Crippen molar-refractivity contribution < 1.29 is 0 Å². The lowest BCUT2D eigenvalue weighted by atomic mass is 9.97. The van der Waals surface area contributed by atoms with Crippen molar-refractivity contribution >= 4 is 10.8 Å². The van der Waals surface area contributed by atoms with Crippen LogP contribution in [0, 0.1) is 0 Å². The third-order valence-corrected chi connectivity index (χ3v) is 7.18. The molecule has 1 aromatic heterocycles. The van der Waals surface area contributed by atoms with Crippen LogP contribution < -0.4 is 11.1 Å². The van der Waals surface area contributed by atoms with Crippen molar-refractivity contribution in [1.29, 1.82) is 0 Å². The first-order chi connectivity index (χ1) is 17.3. The van der Waals surface area contributed by atoms with E-state index >= 15 is 0 Å². The maximum absolute atomic E-state index is 5.77. The van der Waals surface area contributed by atoms with Crippen LogP contribution in [0.4, 0.5) is 0 Å². The summed E-state index contributed by atoms with van der Waals surface area (Å²) in [7, 11) is 0. The molecule has 0 saturated carbocycles. The highest BCUT2D eigenvalue weighted by Gasteiger charge is 2.27. The number of unbranched alkanes of at least 4 members (excludes halogenated alkanes) is 1. The van der Waals surface area contributed by atoms with Crippen LogP contribution in [0.2, 0.25) is 0 Å². The van der Waals surface area contributed by atoms with E-state index in [9.17, 15) is 0 Å². The number of piperazine rings is 1. The van der Waals surface area contributed by atoms with E-state index in [1.165, 1.54) is 34.7 Å². The van der Waals surface area contributed by atoms with Gasteiger partial charge < -0.3 is 11.1 Å². The number of benzene rings is 3. The molecule has 1 saturated heterocycles. The standard InChI is InChI=1S/C31H36N4/c32-17-7-6-12-30-21-33-29(19-24-13-15-26-8-4-5-11-28(26)18-24)23-35(30)22-25-14-16-31(34-20-25)27-9-2-1-3-10-27/h1-5,8-11,13-16,18,20,29-30,33H,6-7,12,17,19,21-23,32H2. The van der Waals surface area contributed by atoms with Gasteiger partial charge in [-0.05, 0) is 53.8 Å². The summed E-state index contributed by atoms with van der Waals surface area (Å²) in [6.07, 6.45) is 6.56. The van der Waals surface area contributed by atoms with E-state index in [1.54, 1.807) is 0 Å². The van der Waals surface area contributed by atoms with Gasteiger partial charge in [-0.2, -0.15) is 0 Å². The Balaban J connectivity index is 1.28. The monoisotopic (exact) mass is 464 g/mol. The van der Waals surface area contributed by atoms with Crippen molar-refractivity contribution in [3.8, 4) is 11.3 Å². The van der Waals surface area contributed by atoms with Crippen molar-refractivity contribution in [2.24, 2.45) is 5.73 Å². The molecule has 4 aromatic rings. The Hall–Kier alpha value is -3.05. The van der Waals surface area contributed by atoms with Gasteiger partial charge in [-0.25, -0.2) is 0 Å². The third kappa shape index (κ3) is 6.15. The molecular weight excluding hydrogens is 428 g/mol. The first-order valence-electron chi connectivity index (χ1n) is 12.9. The predicted molar refractivity (Wildman–Crippen MR) is 146 cm³/mol. The molecule has 0 bridgehead atoms. The van der Waals surface area contributed by atoms with E-state index in [0.29, 0.717) is 12.1 Å². The van der Waals surface area contributed by atoms with Crippen LogP contribution in [0.15, 0.2) is 91.1 Å². The lowest BCUT2D eigenvalue weighted by Crippen LogP contribution is -2.56. The van der Waals surface area contributed by atoms with Crippen LogP contribution in [-0.2, 0) is 13.0 Å². The largest absolute Gasteiger partial charge is 0.330 e. The van der Waals surface area contributed by atoms with Crippen molar-refractivity contribution in [3.05, 3.63) is 102 Å². The fraction of sp³-hybridized carbons (Fsp3) is 0.323. The van der Waals surface area contributed by atoms with Crippen LogP contribution in [0.5, 0.6) is 0 Å². The van der Waals surface area contributed by atoms with Crippen molar-refractivity contribution in [2.75, 3.05) is 19.6 Å². The van der Waals surface area contributed by atoms with Gasteiger partial charge >= 0.3 is 0 Å². The maximum Gasteiger partial charge on any atom is 0.0702 e. The molecule has 3 aromatic carbocycles. The van der Waals surface area contributed by atoms with Crippen molar-refractivity contribution in [2.45, 2.75) is 44.3 Å². The highest BCUT2D eigenvalue weighted by molar-refractivity contribution is 5.83. The summed E-state index contributed by atoms with van der Waals surface area (Å²) in [4.78, 5) is 7.44. The summed E-state index contributed by atoms with van der Waals surface area (Å²) in [5, 5.41) is 6.48. The molecule has 1 aliphatic rings. The smallest absolute Gasteiger partial charge is 0.0702 e. The van der Waals surface area contributed by atoms with Crippen LogP contribution in [0.3, 0.4) is 0 Å². The number of hydrogen-bond donors (Lipinski definition) is 2. The molecule has 0 radical (unpaired) electrons. The lowest BCUT2D eigenvalue weighted by Gasteiger charge is -2.41. The first-order valence-corrected chi connectivity index (χ1v) is 12.9. The molecule has 1 fully saturated rings. The van der Waals surface area contributed by atoms with E-state index in [2.05, 4.69) is 95.3 Å². The van der Waals surface area contributed by atoms with Crippen LogP contribution in [0.25, 0.3) is 22.0 Å². The Morgan fingerprint density at radius 1 is 0.857 bits per heavy atom. The minimum absolute atomic E-state index is 0.443. The predicted octanol–water partition coefficient (Wildman–Crippen LogP) is 5.42. The molecule has 5 rings (SSSR count). The van der Waals surface area contributed by atoms with Crippen molar-refractivity contribution in [3.63, 3.8) is 0 Å². The SMILES string of the molecule is NCCCCC1CNC(Cc2ccc3ccccc3c2)CN1Cc1ccc(-c2ccccc2)nc1. The molecule has 35 heavy (non-hydrogen) atoms. The third-order valence-electron chi connectivity index (χ3n) is 7.18. The number of nitrogens with zero attached hydrogens (tertiary/aromatic N) is 2. The number of pyridine rings is 1. The molecule has 0 spiro atoms. The summed E-state index contributed by atoms with van der Waals surface area (Å²) in [6, 6.07) is 31.3. The minimum atomic E-state index is 0.443. The van der Waals surface area contributed by atoms with Crippen molar-refractivity contribution in [1.82, 2.24) is 15.2 Å². The van der Waals surface area contributed by atoms with E-state index in [-0.39, 0.29) is 0 Å². The van der Waals surface area contributed by atoms with Gasteiger partial charge in [0.15, 0.2) is 0 Å². The van der Waals surface area contributed by atoms with Gasteiger partial charge in [0.1, 0.15) is 0 Å². The zero-order valence-electron chi connectivity index (χ0n) is 20.4. The molecular formula is C31H36N4. The number of nitrogens with two attached hydrogens (primary N) is 1. The Labute approximate surface area is 209 Å². The van der Waals surface area contributed by atoms with Gasteiger partial charge in [-0.1, -0.05) is 85.3 Å². The molecule has 3 N–H and O–H groups in total. The molecule has 2 unspecified atom stereocenters. The van der Waals surface area contributed by atoms with Gasteiger partial charge in [0.05, 0.1) is 5.69 Å². The zero-order valence-corrected chi connectivity index (χ0v) is 20.4. The van der Waals surface area contributed by atoms with Crippen LogP contribution >= 0.6 is 0 Å². The lowest BCUT2D eigenvalue weighted by molar-refractivity contribution is 0.113. The molecule has 4 nitrogen and oxygen atoms in total. The number of hydrogen-bond acceptors (Lipinski definition) is 4. The van der Waals surface area contributed by atoms with E-state index < -0.39 is 0 Å². The summed E-state index contributed by atoms with van der Waals surface area (Å²) in [5.74, 6) is 0. The molecule has 180 valence electrons. The fourth-order valence-corrected chi connectivity index (χ4v) is 5.25. The highest BCUT2D eigenvalue weighted by atomic mass is 15.2. The summed E-state index contributed by atoms with van der Waals surface area (Å²) >= 11 is 0. The quantitative estimate of drug-likeness (QED) is 0.325. The Morgan fingerprint density at radius 3 is 2.46 bits per heavy atom. The molecule has 4 heteroatoms. The second-order valence-corrected chi connectivity index (χ2v) is 9.78. The van der Waals surface area contributed by atoms with Crippen LogP contribution in [-0.4, -0.2) is 41.6 Å². The molecule has 1 aliphatic heterocycles. The second-order valence-electron chi connectivity index (χ2n) is 9.78. The Kier molecular flexibility index (Phi) is 7.84. The highest BCUT2D eigenvalue weighted by Crippen LogP contribution is 2.22. The second kappa shape index (κ2) is 11.6. The normalized spacial score (nSPS) is 18.7. The topological polar surface area (TPSA) is 54.2 Å². The first kappa shape index (κ1) is 23.7. The molecule has 2 atom stereocenters. The number of rotatable bonds is 9. The molecule has 0 amide bonds. The number of nitrogens with one attached hydrogen (secondary N) is 1. The molecule has 0 aliphatic carbocycles. The zero-order chi connectivity index (χ0) is 23.9. The summed E-state index contributed by atoms with van der Waals surface area (Å²) < 4.78 is 0. The van der Waals surface area contributed by atoms with Gasteiger partial charge in [-0.3, -0.25) is 9.88 Å². The minimum Gasteiger partial charge on any atom is -0.330 e. The van der Waals surface area contributed by atoms with E-state index in [1.807, 2.05) is 6.07 Å². The summed E-state index contributed by atoms with van der Waals surface area (Å²) in [6.45, 7) is 3.78. The number of fused-ring (bicyclic) bond motifs is 1. The number of aromatic nitrogens is 1. The summed E-state index contributed by atoms with van der Waals surface area (Å²) in [5.41, 5.74) is 10.6. The van der Waals surface area contributed by atoms with E-state index in [0.717, 1.165) is 50.3 Å². The van der Waals surface area contributed by atoms with Crippen LogP contribution in [0.1, 0.15) is 30.4 Å². The van der Waals surface area contributed by atoms with Gasteiger partial charge in [0, 0.05) is 43.5 Å².